The molecule has 0 aromatic heterocycles. The first kappa shape index (κ1) is 15.2. The highest BCUT2D eigenvalue weighted by Crippen LogP contribution is 2.23. The van der Waals surface area contributed by atoms with E-state index >= 15 is 0 Å². The number of benzene rings is 1. The van der Waals surface area contributed by atoms with E-state index in [0.717, 1.165) is 12.1 Å². The van der Waals surface area contributed by atoms with Gasteiger partial charge in [0.2, 0.25) is 0 Å². The minimum absolute atomic E-state index is 0.0288. The zero-order chi connectivity index (χ0) is 13.8. The molecule has 0 amide bonds. The molecule has 0 atom stereocenters. The molecule has 0 aliphatic heterocycles. The molecule has 0 spiro atoms. The van der Waals surface area contributed by atoms with E-state index in [9.17, 15) is 22.0 Å². The molecule has 0 saturated heterocycles. The van der Waals surface area contributed by atoms with Gasteiger partial charge in [0.25, 0.3) is 0 Å². The first-order valence-corrected chi connectivity index (χ1v) is 5.62. The number of hydrogen-bond acceptors (Lipinski definition) is 2. The van der Waals surface area contributed by atoms with E-state index in [4.69, 9.17) is 0 Å². The molecule has 0 aliphatic carbocycles. The average Bonchev–Trinajstić information content (AvgIpc) is 2.23. The molecule has 0 fully saturated rings. The highest BCUT2D eigenvalue weighted by atomic mass is 79.9. The smallest absolute Gasteiger partial charge is 0.380 e. The standard InChI is InChI=1S/C10H9BrF5NO/c11-6-3-8(13)9(4-7(6)12)17-1-2-18-5-10(14,15)16/h3-4,17H,1-2,5H2. The molecule has 0 unspecified atom stereocenters. The van der Waals surface area contributed by atoms with Crippen LogP contribution >= 0.6 is 15.9 Å². The highest BCUT2D eigenvalue weighted by Gasteiger charge is 2.27. The van der Waals surface area contributed by atoms with Crippen molar-refractivity contribution in [2.75, 3.05) is 25.1 Å². The molecule has 1 rings (SSSR count). The minimum atomic E-state index is -4.39. The van der Waals surface area contributed by atoms with Gasteiger partial charge < -0.3 is 10.1 Å². The molecule has 18 heavy (non-hydrogen) atoms. The van der Waals surface area contributed by atoms with Crippen molar-refractivity contribution < 1.29 is 26.7 Å². The Morgan fingerprint density at radius 1 is 1.17 bits per heavy atom. The normalized spacial score (nSPS) is 11.7. The van der Waals surface area contributed by atoms with Gasteiger partial charge in [0.15, 0.2) is 0 Å². The van der Waals surface area contributed by atoms with Gasteiger partial charge in [-0.1, -0.05) is 0 Å². The van der Waals surface area contributed by atoms with Crippen LogP contribution in [0, 0.1) is 11.6 Å². The van der Waals surface area contributed by atoms with Gasteiger partial charge in [0.1, 0.15) is 18.2 Å². The Hall–Kier alpha value is -0.890. The molecule has 0 bridgehead atoms. The molecule has 0 aliphatic rings. The Kier molecular flexibility index (Phi) is 5.33. The topological polar surface area (TPSA) is 21.3 Å². The van der Waals surface area contributed by atoms with Crippen molar-refractivity contribution >= 4 is 21.6 Å². The van der Waals surface area contributed by atoms with Crippen LogP contribution in [0.1, 0.15) is 0 Å². The van der Waals surface area contributed by atoms with Gasteiger partial charge in [-0.2, -0.15) is 13.2 Å². The largest absolute Gasteiger partial charge is 0.411 e. The van der Waals surface area contributed by atoms with Crippen molar-refractivity contribution in [3.63, 3.8) is 0 Å². The second-order valence-electron chi connectivity index (χ2n) is 3.34. The Morgan fingerprint density at radius 2 is 1.83 bits per heavy atom. The van der Waals surface area contributed by atoms with Crippen LogP contribution in [0.15, 0.2) is 16.6 Å². The van der Waals surface area contributed by atoms with Gasteiger partial charge in [0, 0.05) is 12.6 Å². The van der Waals surface area contributed by atoms with Gasteiger partial charge in [-0.05, 0) is 22.0 Å². The van der Waals surface area contributed by atoms with Crippen molar-refractivity contribution in [1.82, 2.24) is 0 Å². The van der Waals surface area contributed by atoms with Gasteiger partial charge in [-0.3, -0.25) is 0 Å². The SMILES string of the molecule is Fc1cc(NCCOCC(F)(F)F)c(F)cc1Br. The van der Waals surface area contributed by atoms with Crippen LogP contribution in [-0.2, 0) is 4.74 Å². The third-order valence-electron chi connectivity index (χ3n) is 1.84. The van der Waals surface area contributed by atoms with Gasteiger partial charge in [-0.15, -0.1) is 0 Å². The van der Waals surface area contributed by atoms with Crippen LogP contribution in [0.3, 0.4) is 0 Å². The lowest BCUT2D eigenvalue weighted by atomic mass is 10.3. The van der Waals surface area contributed by atoms with Crippen molar-refractivity contribution in [2.24, 2.45) is 0 Å². The molecule has 1 N–H and O–H groups in total. The lowest BCUT2D eigenvalue weighted by Crippen LogP contribution is -2.20. The van der Waals surface area contributed by atoms with Crippen LogP contribution in [-0.4, -0.2) is 25.9 Å². The van der Waals surface area contributed by atoms with E-state index in [2.05, 4.69) is 26.0 Å². The molecule has 0 heterocycles. The summed E-state index contributed by atoms with van der Waals surface area (Å²) in [5.74, 6) is -1.38. The van der Waals surface area contributed by atoms with E-state index in [0.29, 0.717) is 0 Å². The van der Waals surface area contributed by atoms with E-state index in [1.165, 1.54) is 0 Å². The summed E-state index contributed by atoms with van der Waals surface area (Å²) < 4.78 is 65.7. The molecule has 1 aromatic rings. The summed E-state index contributed by atoms with van der Waals surface area (Å²) >= 11 is 2.80. The fraction of sp³-hybridized carbons (Fsp3) is 0.400. The highest BCUT2D eigenvalue weighted by molar-refractivity contribution is 9.10. The summed E-state index contributed by atoms with van der Waals surface area (Å²) in [6, 6.07) is 1.83. The Morgan fingerprint density at radius 3 is 2.44 bits per heavy atom. The number of halogens is 6. The van der Waals surface area contributed by atoms with Crippen LogP contribution in [0.25, 0.3) is 0 Å². The van der Waals surface area contributed by atoms with Crippen LogP contribution < -0.4 is 5.32 Å². The van der Waals surface area contributed by atoms with E-state index in [-0.39, 0.29) is 23.3 Å². The maximum absolute atomic E-state index is 13.2. The summed E-state index contributed by atoms with van der Waals surface area (Å²) in [4.78, 5) is 0. The molecular formula is C10H9BrF5NO. The van der Waals surface area contributed by atoms with Gasteiger partial charge >= 0.3 is 6.18 Å². The maximum atomic E-state index is 13.2. The Bertz CT molecular complexity index is 410. The van der Waals surface area contributed by atoms with E-state index in [1.54, 1.807) is 0 Å². The number of hydrogen-bond donors (Lipinski definition) is 1. The maximum Gasteiger partial charge on any atom is 0.411 e. The molecule has 2 nitrogen and oxygen atoms in total. The monoisotopic (exact) mass is 333 g/mol. The molecule has 0 saturated carbocycles. The fourth-order valence-electron chi connectivity index (χ4n) is 1.10. The number of anilines is 1. The predicted molar refractivity (Wildman–Crippen MR) is 59.4 cm³/mol. The van der Waals surface area contributed by atoms with Crippen LogP contribution in [0.4, 0.5) is 27.6 Å². The second-order valence-corrected chi connectivity index (χ2v) is 4.20. The van der Waals surface area contributed by atoms with Crippen molar-refractivity contribution in [2.45, 2.75) is 6.18 Å². The molecule has 102 valence electrons. The summed E-state index contributed by atoms with van der Waals surface area (Å²) in [6.45, 7) is -1.70. The molecule has 0 radical (unpaired) electrons. The summed E-state index contributed by atoms with van der Waals surface area (Å²) in [6.07, 6.45) is -4.39. The lowest BCUT2D eigenvalue weighted by molar-refractivity contribution is -0.172. The van der Waals surface area contributed by atoms with Crippen molar-refractivity contribution in [3.05, 3.63) is 28.2 Å². The third kappa shape index (κ3) is 5.18. The minimum Gasteiger partial charge on any atom is -0.380 e. The van der Waals surface area contributed by atoms with Crippen molar-refractivity contribution in [3.8, 4) is 0 Å². The summed E-state index contributed by atoms with van der Waals surface area (Å²) in [7, 11) is 0. The number of alkyl halides is 3. The van der Waals surface area contributed by atoms with E-state index < -0.39 is 24.4 Å². The summed E-state index contributed by atoms with van der Waals surface area (Å²) in [5, 5.41) is 2.44. The zero-order valence-electron chi connectivity index (χ0n) is 8.95. The molecule has 8 heteroatoms. The zero-order valence-corrected chi connectivity index (χ0v) is 10.5. The fourth-order valence-corrected chi connectivity index (χ4v) is 1.42. The van der Waals surface area contributed by atoms with E-state index in [1.807, 2.05) is 0 Å². The Labute approximate surface area is 108 Å². The molecular weight excluding hydrogens is 325 g/mol. The first-order chi connectivity index (χ1) is 8.29. The van der Waals surface area contributed by atoms with Crippen LogP contribution in [0.2, 0.25) is 0 Å². The quantitative estimate of drug-likeness (QED) is 0.503. The predicted octanol–water partition coefficient (Wildman–Crippen LogP) is 3.72. The second kappa shape index (κ2) is 6.33. The lowest BCUT2D eigenvalue weighted by Gasteiger charge is -2.10. The summed E-state index contributed by atoms with van der Waals surface area (Å²) in [5.41, 5.74) is -0.133. The molecule has 1 aromatic carbocycles. The first-order valence-electron chi connectivity index (χ1n) is 4.82. The number of nitrogens with one attached hydrogen (secondary N) is 1. The van der Waals surface area contributed by atoms with Crippen LogP contribution in [0.5, 0.6) is 0 Å². The average molecular weight is 334 g/mol. The third-order valence-corrected chi connectivity index (χ3v) is 2.45. The number of rotatable bonds is 5. The number of ether oxygens (including phenoxy) is 1. The van der Waals surface area contributed by atoms with Gasteiger partial charge in [0.05, 0.1) is 16.8 Å². The van der Waals surface area contributed by atoms with Crippen molar-refractivity contribution in [1.29, 1.82) is 0 Å². The van der Waals surface area contributed by atoms with Gasteiger partial charge in [-0.25, -0.2) is 8.78 Å². The Balaban J connectivity index is 2.38.